The summed E-state index contributed by atoms with van der Waals surface area (Å²) < 4.78 is 1.93. The Bertz CT molecular complexity index is 1090. The molecule has 1 saturated carbocycles. The van der Waals surface area contributed by atoms with Crippen LogP contribution in [0.5, 0.6) is 0 Å². The predicted molar refractivity (Wildman–Crippen MR) is 131 cm³/mol. The number of nitrogens with one attached hydrogen (secondary N) is 2. The number of hydrogen-bond acceptors (Lipinski definition) is 4. The summed E-state index contributed by atoms with van der Waals surface area (Å²) in [5, 5.41) is 11.4. The molecule has 2 aromatic rings. The molecule has 1 aromatic heterocycles. The Morgan fingerprint density at radius 2 is 1.77 bits per heavy atom. The molecule has 0 bridgehead atoms. The highest BCUT2D eigenvalue weighted by Gasteiger charge is 2.36. The Morgan fingerprint density at radius 1 is 1.03 bits per heavy atom. The van der Waals surface area contributed by atoms with E-state index in [1.165, 1.54) is 4.90 Å². The van der Waals surface area contributed by atoms with Gasteiger partial charge in [-0.2, -0.15) is 0 Å². The third-order valence-corrected chi connectivity index (χ3v) is 8.86. The summed E-state index contributed by atoms with van der Waals surface area (Å²) in [6, 6.07) is 8.08. The molecule has 2 saturated heterocycles. The lowest BCUT2D eigenvalue weighted by atomic mass is 9.80. The van der Waals surface area contributed by atoms with E-state index in [0.717, 1.165) is 82.0 Å². The number of benzene rings is 1. The van der Waals surface area contributed by atoms with Crippen LogP contribution in [0.3, 0.4) is 0 Å². The smallest absolute Gasteiger partial charge is 0.326 e. The Kier molecular flexibility index (Phi) is 7.27. The number of para-hydroxylation sites is 2. The zero-order valence-corrected chi connectivity index (χ0v) is 20.5. The van der Waals surface area contributed by atoms with Crippen molar-refractivity contribution in [3.63, 3.8) is 0 Å². The molecule has 1 aliphatic carbocycles. The molecule has 8 nitrogen and oxygen atoms in total. The molecule has 1 aromatic carbocycles. The molecule has 190 valence electrons. The van der Waals surface area contributed by atoms with Gasteiger partial charge in [0.2, 0.25) is 5.91 Å². The summed E-state index contributed by atoms with van der Waals surface area (Å²) in [6.07, 6.45) is 7.99. The average molecular weight is 483 g/mol. The number of carboxylic acids is 1. The molecule has 5 rings (SSSR count). The van der Waals surface area contributed by atoms with Crippen molar-refractivity contribution < 1.29 is 19.6 Å². The van der Waals surface area contributed by atoms with Gasteiger partial charge >= 0.3 is 5.69 Å². The van der Waals surface area contributed by atoms with Crippen molar-refractivity contribution in [3.05, 3.63) is 34.7 Å². The molecule has 0 spiro atoms. The number of hydrogen-bond donors (Lipinski definition) is 2. The van der Waals surface area contributed by atoms with E-state index in [2.05, 4.69) is 4.98 Å². The number of fused-ring (bicyclic) bond motifs is 1. The Hall–Kier alpha value is -2.61. The van der Waals surface area contributed by atoms with E-state index in [-0.39, 0.29) is 41.8 Å². The van der Waals surface area contributed by atoms with E-state index in [9.17, 15) is 19.5 Å². The van der Waals surface area contributed by atoms with Gasteiger partial charge in [-0.25, -0.2) is 4.79 Å². The third-order valence-electron chi connectivity index (χ3n) is 8.86. The summed E-state index contributed by atoms with van der Waals surface area (Å²) in [5.74, 6) is -0.210. The van der Waals surface area contributed by atoms with Gasteiger partial charge in [0.1, 0.15) is 0 Å². The number of carboxylic acid groups (broad SMARTS) is 1. The van der Waals surface area contributed by atoms with Crippen molar-refractivity contribution in [1.29, 1.82) is 0 Å². The number of amides is 1. The third kappa shape index (κ3) is 5.32. The number of H-pyrrole nitrogens is 1. The van der Waals surface area contributed by atoms with Crippen LogP contribution in [0.4, 0.5) is 0 Å². The highest BCUT2D eigenvalue weighted by molar-refractivity contribution is 5.79. The lowest BCUT2D eigenvalue weighted by molar-refractivity contribution is -0.906. The lowest BCUT2D eigenvalue weighted by Gasteiger charge is -2.40. The molecule has 2 atom stereocenters. The highest BCUT2D eigenvalue weighted by atomic mass is 16.4. The maximum absolute atomic E-state index is 13.0. The summed E-state index contributed by atoms with van der Waals surface area (Å²) in [4.78, 5) is 43.5. The van der Waals surface area contributed by atoms with Crippen molar-refractivity contribution in [2.45, 2.75) is 63.8 Å². The Morgan fingerprint density at radius 3 is 2.51 bits per heavy atom. The van der Waals surface area contributed by atoms with Gasteiger partial charge < -0.3 is 24.7 Å². The van der Waals surface area contributed by atoms with Gasteiger partial charge in [-0.05, 0) is 49.7 Å². The normalized spacial score (nSPS) is 27.9. The lowest BCUT2D eigenvalue weighted by Crippen LogP contribution is -3.13. The minimum atomic E-state index is -0.979. The standard InChI is InChI=1S/C27H38N4O4/c32-25(33)17-20-10-16-30(26(34)19-5-1-2-6-19)18-21(20)9-13-29-14-11-22(12-15-29)31-24-8-4-3-7-23(24)28-27(31)35/h3-4,7-8,19-22H,1-2,5-6,9-18H2,(H,28,35)(H,32,33)/t20-,21-/m0/s1. The largest absolute Gasteiger partial charge is 0.550 e. The van der Waals surface area contributed by atoms with Gasteiger partial charge in [-0.15, -0.1) is 0 Å². The van der Waals surface area contributed by atoms with Crippen LogP contribution in [-0.2, 0) is 9.59 Å². The number of imidazole rings is 1. The fourth-order valence-electron chi connectivity index (χ4n) is 6.87. The number of carbonyl (C=O) groups excluding carboxylic acids is 2. The van der Waals surface area contributed by atoms with E-state index in [1.54, 1.807) is 0 Å². The molecule has 3 aliphatic rings. The van der Waals surface area contributed by atoms with Gasteiger partial charge in [0, 0.05) is 50.3 Å². The Labute approximate surface area is 206 Å². The molecular formula is C27H38N4O4. The number of rotatable bonds is 7. The molecule has 35 heavy (non-hydrogen) atoms. The van der Waals surface area contributed by atoms with Crippen molar-refractivity contribution in [3.8, 4) is 0 Å². The van der Waals surface area contributed by atoms with Crippen LogP contribution in [-0.4, -0.2) is 59.1 Å². The van der Waals surface area contributed by atoms with Crippen LogP contribution in [0.25, 0.3) is 11.0 Å². The fraction of sp³-hybridized carbons (Fsp3) is 0.667. The van der Waals surface area contributed by atoms with Crippen molar-refractivity contribution in [2.75, 3.05) is 32.7 Å². The van der Waals surface area contributed by atoms with Gasteiger partial charge in [-0.3, -0.25) is 9.36 Å². The number of aromatic amines is 1. The second-order valence-electron chi connectivity index (χ2n) is 11.0. The molecule has 0 unspecified atom stereocenters. The first kappa shape index (κ1) is 24.1. The zero-order chi connectivity index (χ0) is 24.4. The quantitative estimate of drug-likeness (QED) is 0.608. The maximum Gasteiger partial charge on any atom is 0.326 e. The van der Waals surface area contributed by atoms with Crippen LogP contribution < -0.4 is 15.7 Å². The van der Waals surface area contributed by atoms with Crippen LogP contribution >= 0.6 is 0 Å². The first-order valence-corrected chi connectivity index (χ1v) is 13.5. The van der Waals surface area contributed by atoms with E-state index in [4.69, 9.17) is 0 Å². The highest BCUT2D eigenvalue weighted by Crippen LogP contribution is 2.32. The second-order valence-corrected chi connectivity index (χ2v) is 11.0. The van der Waals surface area contributed by atoms with Crippen LogP contribution in [0.1, 0.15) is 63.8 Å². The molecule has 3 fully saturated rings. The van der Waals surface area contributed by atoms with Crippen LogP contribution in [0, 0.1) is 17.8 Å². The topological polar surface area (TPSA) is 103 Å². The van der Waals surface area contributed by atoms with Crippen molar-refractivity contribution in [2.24, 2.45) is 17.8 Å². The number of likely N-dealkylation sites (tertiary alicyclic amines) is 2. The summed E-state index contributed by atoms with van der Waals surface area (Å²) in [6.45, 7) is 4.35. The van der Waals surface area contributed by atoms with E-state index < -0.39 is 5.97 Å². The fourth-order valence-corrected chi connectivity index (χ4v) is 6.87. The maximum atomic E-state index is 13.0. The summed E-state index contributed by atoms with van der Waals surface area (Å²) in [5.41, 5.74) is 1.84. The van der Waals surface area contributed by atoms with Gasteiger partial charge in [-0.1, -0.05) is 25.0 Å². The minimum absolute atomic E-state index is 0.0287. The van der Waals surface area contributed by atoms with Gasteiger partial charge in [0.05, 0.1) is 30.7 Å². The minimum Gasteiger partial charge on any atom is -0.550 e. The summed E-state index contributed by atoms with van der Waals surface area (Å²) >= 11 is 0. The number of nitrogens with zero attached hydrogens (tertiary/aromatic N) is 2. The molecule has 8 heteroatoms. The first-order valence-electron chi connectivity index (χ1n) is 13.5. The molecule has 3 heterocycles. The zero-order valence-electron chi connectivity index (χ0n) is 20.5. The van der Waals surface area contributed by atoms with E-state index >= 15 is 0 Å². The molecule has 1 amide bonds. The molecule has 2 N–H and O–H groups in total. The van der Waals surface area contributed by atoms with E-state index in [1.807, 2.05) is 33.7 Å². The van der Waals surface area contributed by atoms with Gasteiger partial charge in [0.15, 0.2) is 0 Å². The van der Waals surface area contributed by atoms with Crippen LogP contribution in [0.15, 0.2) is 29.1 Å². The SMILES string of the molecule is O=C([O-])C[C@@H]1CCN(C(=O)C2CCCC2)C[C@@H]1CC[NH+]1CCC(n2c(=O)[nH]c3ccccc32)CC1. The van der Waals surface area contributed by atoms with Gasteiger partial charge in [0.25, 0.3) is 0 Å². The second kappa shape index (κ2) is 10.6. The monoisotopic (exact) mass is 482 g/mol. The first-order chi connectivity index (χ1) is 17.0. The number of aromatic nitrogens is 2. The average Bonchev–Trinajstić information content (AvgIpc) is 3.50. The van der Waals surface area contributed by atoms with Crippen LogP contribution in [0.2, 0.25) is 0 Å². The number of quaternary nitrogens is 1. The van der Waals surface area contributed by atoms with Crippen molar-refractivity contribution >= 4 is 22.9 Å². The summed E-state index contributed by atoms with van der Waals surface area (Å²) in [7, 11) is 0. The molecular weight excluding hydrogens is 444 g/mol. The predicted octanol–water partition coefficient (Wildman–Crippen LogP) is 0.734. The number of piperidine rings is 2. The van der Waals surface area contributed by atoms with E-state index in [0.29, 0.717) is 13.1 Å². The van der Waals surface area contributed by atoms with Crippen molar-refractivity contribution in [1.82, 2.24) is 14.5 Å². The molecule has 2 aliphatic heterocycles. The number of carbonyl (C=O) groups is 2. The molecule has 0 radical (unpaired) electrons. The number of aliphatic carboxylic acids is 1. The Balaban J connectivity index is 1.18.